The zero-order chi connectivity index (χ0) is 11.8. The molecule has 1 aliphatic heterocycles. The van der Waals surface area contributed by atoms with Crippen molar-refractivity contribution in [2.75, 3.05) is 5.75 Å². The number of aryl methyl sites for hydroxylation is 1. The molecule has 0 amide bonds. The maximum atomic E-state index is 12.4. The summed E-state index contributed by atoms with van der Waals surface area (Å²) < 4.78 is 37.3. The van der Waals surface area contributed by atoms with E-state index in [2.05, 4.69) is 0 Å². The summed E-state index contributed by atoms with van der Waals surface area (Å²) in [7, 11) is 0. The number of benzene rings is 1. The average Bonchev–Trinajstić information content (AvgIpc) is 2.26. The number of hydrogen-bond donors (Lipinski definition) is 1. The first-order valence-electron chi connectivity index (χ1n) is 5.06. The monoisotopic (exact) mass is 247 g/mol. The molecule has 0 aliphatic carbocycles. The Bertz CT molecular complexity index is 389. The van der Waals surface area contributed by atoms with Crippen molar-refractivity contribution < 1.29 is 13.2 Å². The summed E-state index contributed by atoms with van der Waals surface area (Å²) in [5.74, 6) is 1.04. The first kappa shape index (κ1) is 11.8. The van der Waals surface area contributed by atoms with Crippen molar-refractivity contribution in [1.82, 2.24) is 0 Å². The van der Waals surface area contributed by atoms with Gasteiger partial charge in [0.15, 0.2) is 0 Å². The Balaban J connectivity index is 2.30. The smallest absolute Gasteiger partial charge is 0.316 e. The molecule has 1 atom stereocenters. The van der Waals surface area contributed by atoms with Crippen LogP contribution in [0.15, 0.2) is 23.1 Å². The molecule has 1 unspecified atom stereocenters. The number of halogens is 3. The number of fused-ring (bicyclic) bond motifs is 1. The van der Waals surface area contributed by atoms with Crippen molar-refractivity contribution in [3.05, 3.63) is 29.3 Å². The van der Waals surface area contributed by atoms with Crippen molar-refractivity contribution >= 4 is 11.8 Å². The molecule has 2 rings (SSSR count). The van der Waals surface area contributed by atoms with Crippen LogP contribution in [-0.4, -0.2) is 11.9 Å². The van der Waals surface area contributed by atoms with Gasteiger partial charge in [0.1, 0.15) is 6.04 Å². The van der Waals surface area contributed by atoms with Gasteiger partial charge in [0.2, 0.25) is 0 Å². The van der Waals surface area contributed by atoms with Crippen LogP contribution in [0.5, 0.6) is 0 Å². The van der Waals surface area contributed by atoms with Crippen molar-refractivity contribution in [2.45, 2.75) is 30.0 Å². The van der Waals surface area contributed by atoms with Gasteiger partial charge in [-0.15, -0.1) is 11.8 Å². The van der Waals surface area contributed by atoms with E-state index in [0.29, 0.717) is 0 Å². The Kier molecular flexibility index (Phi) is 3.17. The minimum absolute atomic E-state index is 0.161. The van der Waals surface area contributed by atoms with Crippen LogP contribution in [-0.2, 0) is 6.42 Å². The zero-order valence-corrected chi connectivity index (χ0v) is 9.37. The lowest BCUT2D eigenvalue weighted by Gasteiger charge is -2.20. The molecule has 0 saturated heterocycles. The SMILES string of the molecule is NC(c1ccc2c(c1)CCCS2)C(F)(F)F. The fourth-order valence-corrected chi connectivity index (χ4v) is 2.78. The van der Waals surface area contributed by atoms with E-state index in [-0.39, 0.29) is 5.56 Å². The fourth-order valence-electron chi connectivity index (χ4n) is 1.76. The number of rotatable bonds is 1. The highest BCUT2D eigenvalue weighted by Crippen LogP contribution is 2.35. The van der Waals surface area contributed by atoms with Gasteiger partial charge in [0, 0.05) is 4.90 Å². The third-order valence-corrected chi connectivity index (χ3v) is 3.85. The number of alkyl halides is 3. The standard InChI is InChI=1S/C11H12F3NS/c12-11(13,14)10(15)8-3-4-9-7(6-8)2-1-5-16-9/h3-4,6,10H,1-2,5,15H2. The van der Waals surface area contributed by atoms with Crippen molar-refractivity contribution in [3.8, 4) is 0 Å². The van der Waals surface area contributed by atoms with Crippen LogP contribution in [0.1, 0.15) is 23.6 Å². The van der Waals surface area contributed by atoms with Crippen molar-refractivity contribution in [3.63, 3.8) is 0 Å². The lowest BCUT2D eigenvalue weighted by Crippen LogP contribution is -2.28. The maximum absolute atomic E-state index is 12.4. The molecule has 1 heterocycles. The van der Waals surface area contributed by atoms with Crippen LogP contribution in [0.3, 0.4) is 0 Å². The second-order valence-electron chi connectivity index (χ2n) is 3.84. The predicted molar refractivity (Wildman–Crippen MR) is 58.5 cm³/mol. The maximum Gasteiger partial charge on any atom is 0.407 e. The Hall–Kier alpha value is -0.680. The molecule has 1 aromatic carbocycles. The summed E-state index contributed by atoms with van der Waals surface area (Å²) in [5, 5.41) is 0. The lowest BCUT2D eigenvalue weighted by molar-refractivity contribution is -0.149. The van der Waals surface area contributed by atoms with Gasteiger partial charge < -0.3 is 5.73 Å². The molecular formula is C11H12F3NS. The van der Waals surface area contributed by atoms with Gasteiger partial charge >= 0.3 is 6.18 Å². The summed E-state index contributed by atoms with van der Waals surface area (Å²) in [6, 6.07) is 2.96. The van der Waals surface area contributed by atoms with Crippen LogP contribution < -0.4 is 5.73 Å². The molecule has 2 N–H and O–H groups in total. The molecular weight excluding hydrogens is 235 g/mol. The molecule has 1 aromatic rings. The third kappa shape index (κ3) is 2.35. The second kappa shape index (κ2) is 4.30. The highest BCUT2D eigenvalue weighted by Gasteiger charge is 2.38. The Morgan fingerprint density at radius 3 is 2.75 bits per heavy atom. The molecule has 0 radical (unpaired) electrons. The van der Waals surface area contributed by atoms with Gasteiger partial charge in [-0.1, -0.05) is 12.1 Å². The van der Waals surface area contributed by atoms with Crippen LogP contribution in [0.4, 0.5) is 13.2 Å². The molecule has 0 spiro atoms. The van der Waals surface area contributed by atoms with Crippen molar-refractivity contribution in [1.29, 1.82) is 0 Å². The predicted octanol–water partition coefficient (Wildman–Crippen LogP) is 3.29. The van der Waals surface area contributed by atoms with E-state index < -0.39 is 12.2 Å². The molecule has 0 saturated carbocycles. The molecule has 0 bridgehead atoms. The van der Waals surface area contributed by atoms with Crippen LogP contribution in [0.25, 0.3) is 0 Å². The molecule has 0 fully saturated rings. The van der Waals surface area contributed by atoms with Crippen molar-refractivity contribution in [2.24, 2.45) is 5.73 Å². The van der Waals surface area contributed by atoms with E-state index in [9.17, 15) is 13.2 Å². The van der Waals surface area contributed by atoms with E-state index >= 15 is 0 Å². The van der Waals surface area contributed by atoms with E-state index in [0.717, 1.165) is 29.1 Å². The quantitative estimate of drug-likeness (QED) is 0.824. The molecule has 16 heavy (non-hydrogen) atoms. The largest absolute Gasteiger partial charge is 0.407 e. The Morgan fingerprint density at radius 2 is 2.06 bits per heavy atom. The molecule has 1 aliphatic rings. The molecule has 5 heteroatoms. The topological polar surface area (TPSA) is 26.0 Å². The molecule has 88 valence electrons. The second-order valence-corrected chi connectivity index (χ2v) is 4.98. The normalized spacial score (nSPS) is 18.0. The van der Waals surface area contributed by atoms with Gasteiger partial charge in [-0.2, -0.15) is 13.2 Å². The minimum atomic E-state index is -4.37. The van der Waals surface area contributed by atoms with E-state index in [1.165, 1.54) is 6.07 Å². The summed E-state index contributed by atoms with van der Waals surface area (Å²) in [5.41, 5.74) is 6.33. The Labute approximate surface area is 96.2 Å². The van der Waals surface area contributed by atoms with Crippen LogP contribution >= 0.6 is 11.8 Å². The minimum Gasteiger partial charge on any atom is -0.316 e. The fraction of sp³-hybridized carbons (Fsp3) is 0.455. The first-order valence-corrected chi connectivity index (χ1v) is 6.05. The molecule has 1 nitrogen and oxygen atoms in total. The van der Waals surface area contributed by atoms with Gasteiger partial charge in [-0.3, -0.25) is 0 Å². The number of nitrogens with two attached hydrogens (primary N) is 1. The summed E-state index contributed by atoms with van der Waals surface area (Å²) in [6.07, 6.45) is -2.50. The highest BCUT2D eigenvalue weighted by atomic mass is 32.2. The van der Waals surface area contributed by atoms with Gasteiger partial charge in [-0.25, -0.2) is 0 Å². The zero-order valence-electron chi connectivity index (χ0n) is 8.55. The Morgan fingerprint density at radius 1 is 1.31 bits per heavy atom. The summed E-state index contributed by atoms with van der Waals surface area (Å²) in [4.78, 5) is 1.09. The number of hydrogen-bond acceptors (Lipinski definition) is 2. The van der Waals surface area contributed by atoms with E-state index in [4.69, 9.17) is 5.73 Å². The van der Waals surface area contributed by atoms with Crippen LogP contribution in [0.2, 0.25) is 0 Å². The lowest BCUT2D eigenvalue weighted by atomic mass is 10.0. The van der Waals surface area contributed by atoms with E-state index in [1.54, 1.807) is 23.9 Å². The van der Waals surface area contributed by atoms with Gasteiger partial charge in [-0.05, 0) is 35.8 Å². The average molecular weight is 247 g/mol. The van der Waals surface area contributed by atoms with Gasteiger partial charge in [0.25, 0.3) is 0 Å². The third-order valence-electron chi connectivity index (χ3n) is 2.64. The van der Waals surface area contributed by atoms with Gasteiger partial charge in [0.05, 0.1) is 0 Å². The van der Waals surface area contributed by atoms with E-state index in [1.807, 2.05) is 0 Å². The highest BCUT2D eigenvalue weighted by molar-refractivity contribution is 7.99. The molecule has 0 aromatic heterocycles. The van der Waals surface area contributed by atoms with Crippen LogP contribution in [0, 0.1) is 0 Å². The summed E-state index contributed by atoms with van der Waals surface area (Å²) in [6.45, 7) is 0. The summed E-state index contributed by atoms with van der Waals surface area (Å²) >= 11 is 1.69. The first-order chi connectivity index (χ1) is 7.48. The number of thioether (sulfide) groups is 1.